The number of carbonyl (C=O) groups is 2. The molecule has 162 valence electrons. The molecule has 2 rings (SSSR count). The molecule has 0 radical (unpaired) electrons. The summed E-state index contributed by atoms with van der Waals surface area (Å²) in [7, 11) is -1.63. The van der Waals surface area contributed by atoms with Gasteiger partial charge in [0.05, 0.1) is 22.9 Å². The van der Waals surface area contributed by atoms with Crippen LogP contribution in [0.3, 0.4) is 0 Å². The Balaban J connectivity index is 2.30. The summed E-state index contributed by atoms with van der Waals surface area (Å²) in [6.45, 7) is 1.09. The van der Waals surface area contributed by atoms with Crippen molar-refractivity contribution in [3.63, 3.8) is 0 Å². The summed E-state index contributed by atoms with van der Waals surface area (Å²) < 4.78 is 46.0. The first kappa shape index (κ1) is 23.6. The predicted octanol–water partition coefficient (Wildman–Crippen LogP) is 2.91. The summed E-state index contributed by atoms with van der Waals surface area (Å²) in [6.07, 6.45) is 0. The first-order valence-electron chi connectivity index (χ1n) is 8.79. The van der Waals surface area contributed by atoms with Gasteiger partial charge in [-0.05, 0) is 37.3 Å². The highest BCUT2D eigenvalue weighted by molar-refractivity contribution is 7.90. The molecule has 0 fully saturated rings. The Bertz CT molecular complexity index is 1050. The van der Waals surface area contributed by atoms with E-state index >= 15 is 0 Å². The Kier molecular flexibility index (Phi) is 7.77. The van der Waals surface area contributed by atoms with E-state index in [-0.39, 0.29) is 28.6 Å². The van der Waals surface area contributed by atoms with Crippen LogP contribution in [0.25, 0.3) is 0 Å². The maximum absolute atomic E-state index is 14.2. The van der Waals surface area contributed by atoms with Crippen molar-refractivity contribution in [2.24, 2.45) is 0 Å². The molecule has 0 aliphatic carbocycles. The van der Waals surface area contributed by atoms with E-state index in [9.17, 15) is 22.4 Å². The van der Waals surface area contributed by atoms with Gasteiger partial charge in [-0.3, -0.25) is 4.79 Å². The van der Waals surface area contributed by atoms with Gasteiger partial charge in [-0.25, -0.2) is 13.5 Å². The molecule has 2 aromatic carbocycles. The van der Waals surface area contributed by atoms with E-state index in [0.717, 1.165) is 10.4 Å². The average molecular weight is 458 g/mol. The lowest BCUT2D eigenvalue weighted by atomic mass is 10.2. The molecule has 8 nitrogen and oxygen atoms in total. The summed E-state index contributed by atoms with van der Waals surface area (Å²) in [5.41, 5.74) is -0.0314. The van der Waals surface area contributed by atoms with Crippen LogP contribution in [0, 0.1) is 5.82 Å². The number of hydrogen-bond acceptors (Lipinski definition) is 5. The lowest BCUT2D eigenvalue weighted by molar-refractivity contribution is -0.114. The van der Waals surface area contributed by atoms with Gasteiger partial charge in [-0.15, -0.1) is 0 Å². The monoisotopic (exact) mass is 457 g/mol. The molecule has 1 N–H and O–H groups in total. The molecular formula is C19H21ClFN3O5S. The molecular weight excluding hydrogens is 437 g/mol. The van der Waals surface area contributed by atoms with E-state index in [1.807, 2.05) is 0 Å². The number of rotatable bonds is 8. The highest BCUT2D eigenvalue weighted by Gasteiger charge is 2.29. The van der Waals surface area contributed by atoms with E-state index in [1.165, 1.54) is 50.5 Å². The molecule has 0 aliphatic heterocycles. The quantitative estimate of drug-likeness (QED) is 0.615. The number of benzene rings is 2. The molecule has 0 saturated carbocycles. The summed E-state index contributed by atoms with van der Waals surface area (Å²) in [4.78, 5) is 24.5. The Morgan fingerprint density at radius 1 is 1.17 bits per heavy atom. The van der Waals surface area contributed by atoms with Gasteiger partial charge in [0.15, 0.2) is 0 Å². The van der Waals surface area contributed by atoms with Gasteiger partial charge in [0, 0.05) is 19.8 Å². The summed E-state index contributed by atoms with van der Waals surface area (Å²) in [5, 5.41) is 2.62. The Morgan fingerprint density at radius 3 is 2.43 bits per heavy atom. The van der Waals surface area contributed by atoms with Crippen LogP contribution in [0.2, 0.25) is 5.02 Å². The van der Waals surface area contributed by atoms with Gasteiger partial charge in [-0.2, -0.15) is 12.7 Å². The van der Waals surface area contributed by atoms with Crippen LogP contribution in [-0.2, 0) is 19.7 Å². The van der Waals surface area contributed by atoms with Crippen LogP contribution in [0.4, 0.5) is 15.8 Å². The molecule has 30 heavy (non-hydrogen) atoms. The summed E-state index contributed by atoms with van der Waals surface area (Å²) in [6, 6.07) is 9.36. The summed E-state index contributed by atoms with van der Waals surface area (Å²) in [5.74, 6) is -2.21. The number of halogens is 2. The minimum Gasteiger partial charge on any atom is -0.462 e. The predicted molar refractivity (Wildman–Crippen MR) is 112 cm³/mol. The zero-order valence-corrected chi connectivity index (χ0v) is 18.1. The average Bonchev–Trinajstić information content (AvgIpc) is 2.68. The fourth-order valence-corrected chi connectivity index (χ4v) is 3.71. The van der Waals surface area contributed by atoms with Gasteiger partial charge in [-0.1, -0.05) is 23.7 Å². The fraction of sp³-hybridized carbons (Fsp3) is 0.263. The van der Waals surface area contributed by atoms with Crippen molar-refractivity contribution in [2.45, 2.75) is 6.92 Å². The Hall–Kier alpha value is -2.69. The topological polar surface area (TPSA) is 96.0 Å². The van der Waals surface area contributed by atoms with Crippen molar-refractivity contribution in [1.82, 2.24) is 4.31 Å². The number of ether oxygens (including phenoxy) is 1. The molecule has 0 atom stereocenters. The van der Waals surface area contributed by atoms with Gasteiger partial charge in [0.1, 0.15) is 12.4 Å². The molecule has 1 amide bonds. The van der Waals surface area contributed by atoms with Crippen molar-refractivity contribution >= 4 is 45.1 Å². The van der Waals surface area contributed by atoms with Crippen molar-refractivity contribution < 1.29 is 27.1 Å². The van der Waals surface area contributed by atoms with Crippen molar-refractivity contribution in [2.75, 3.05) is 36.9 Å². The number of para-hydroxylation sites is 1. The highest BCUT2D eigenvalue weighted by atomic mass is 35.5. The van der Waals surface area contributed by atoms with Crippen LogP contribution in [0.1, 0.15) is 17.3 Å². The van der Waals surface area contributed by atoms with E-state index in [1.54, 1.807) is 6.92 Å². The largest absolute Gasteiger partial charge is 0.462 e. The maximum atomic E-state index is 14.2. The minimum atomic E-state index is -4.17. The molecule has 0 saturated heterocycles. The SMILES string of the molecule is CCOC(=O)c1cc(NC(=O)CN(c2ccccc2F)S(=O)(=O)N(C)C)ccc1Cl. The molecule has 0 unspecified atom stereocenters. The third-order valence-electron chi connectivity index (χ3n) is 3.89. The van der Waals surface area contributed by atoms with E-state index in [4.69, 9.17) is 16.3 Å². The number of nitrogens with zero attached hydrogens (tertiary/aromatic N) is 2. The molecule has 0 aromatic heterocycles. The van der Waals surface area contributed by atoms with Crippen LogP contribution in [-0.4, -0.2) is 51.8 Å². The third kappa shape index (κ3) is 5.47. The highest BCUT2D eigenvalue weighted by Crippen LogP contribution is 2.24. The van der Waals surface area contributed by atoms with Crippen molar-refractivity contribution in [1.29, 1.82) is 0 Å². The second-order valence-electron chi connectivity index (χ2n) is 6.21. The van der Waals surface area contributed by atoms with Crippen LogP contribution in [0.15, 0.2) is 42.5 Å². The van der Waals surface area contributed by atoms with Gasteiger partial charge in [0.2, 0.25) is 5.91 Å². The molecule has 0 spiro atoms. The number of amides is 1. The van der Waals surface area contributed by atoms with Gasteiger partial charge in [0.25, 0.3) is 0 Å². The zero-order valence-electron chi connectivity index (χ0n) is 16.6. The molecule has 0 bridgehead atoms. The number of nitrogens with one attached hydrogen (secondary N) is 1. The molecule has 11 heteroatoms. The van der Waals surface area contributed by atoms with Crippen molar-refractivity contribution in [3.05, 3.63) is 58.9 Å². The molecule has 0 heterocycles. The van der Waals surface area contributed by atoms with Gasteiger partial charge < -0.3 is 10.1 Å². The van der Waals surface area contributed by atoms with E-state index in [2.05, 4.69) is 5.32 Å². The number of anilines is 2. The standard InChI is InChI=1S/C19H21ClFN3O5S/c1-4-29-19(26)14-11-13(9-10-15(14)20)22-18(25)12-24(30(27,28)23(2)3)17-8-6-5-7-16(17)21/h5-11H,4,12H2,1-3H3,(H,22,25). The summed E-state index contributed by atoms with van der Waals surface area (Å²) >= 11 is 5.99. The number of carbonyl (C=O) groups excluding carboxylic acids is 2. The van der Waals surface area contributed by atoms with E-state index in [0.29, 0.717) is 4.31 Å². The van der Waals surface area contributed by atoms with Crippen molar-refractivity contribution in [3.8, 4) is 0 Å². The number of esters is 1. The Morgan fingerprint density at radius 2 is 1.83 bits per heavy atom. The first-order valence-corrected chi connectivity index (χ1v) is 10.6. The molecule has 0 aliphatic rings. The van der Waals surface area contributed by atoms with E-state index < -0.39 is 34.4 Å². The Labute approximate surface area is 179 Å². The fourth-order valence-electron chi connectivity index (χ4n) is 2.44. The number of hydrogen-bond donors (Lipinski definition) is 1. The normalized spacial score (nSPS) is 11.3. The lowest BCUT2D eigenvalue weighted by Crippen LogP contribution is -2.44. The minimum absolute atomic E-state index is 0.0446. The lowest BCUT2D eigenvalue weighted by Gasteiger charge is -2.27. The van der Waals surface area contributed by atoms with Crippen LogP contribution >= 0.6 is 11.6 Å². The third-order valence-corrected chi connectivity index (χ3v) is 6.03. The zero-order chi connectivity index (χ0) is 22.5. The van der Waals surface area contributed by atoms with Crippen LogP contribution < -0.4 is 9.62 Å². The first-order chi connectivity index (χ1) is 14.1. The molecule has 2 aromatic rings. The smallest absolute Gasteiger partial charge is 0.339 e. The maximum Gasteiger partial charge on any atom is 0.339 e. The second-order valence-corrected chi connectivity index (χ2v) is 8.69. The van der Waals surface area contributed by atoms with Gasteiger partial charge >= 0.3 is 16.2 Å². The van der Waals surface area contributed by atoms with Crippen LogP contribution in [0.5, 0.6) is 0 Å². The second kappa shape index (κ2) is 9.88.